The fourth-order valence-corrected chi connectivity index (χ4v) is 3.05. The molecule has 0 amide bonds. The highest BCUT2D eigenvalue weighted by molar-refractivity contribution is 7.98. The molecule has 0 saturated heterocycles. The van der Waals surface area contributed by atoms with Gasteiger partial charge in [-0.25, -0.2) is 0 Å². The van der Waals surface area contributed by atoms with Crippen molar-refractivity contribution < 1.29 is 0 Å². The van der Waals surface area contributed by atoms with Crippen LogP contribution in [0.2, 0.25) is 0 Å². The molecule has 3 heteroatoms. The van der Waals surface area contributed by atoms with Gasteiger partial charge in [-0.1, -0.05) is 19.1 Å². The molecule has 0 saturated carbocycles. The SMILES string of the molecule is CCCNC(c1ccc(SC)cc1)c1ccsc1. The summed E-state index contributed by atoms with van der Waals surface area (Å²) in [6.45, 7) is 3.25. The zero-order chi connectivity index (χ0) is 12.8. The normalized spacial score (nSPS) is 12.6. The number of nitrogens with one attached hydrogen (secondary N) is 1. The van der Waals surface area contributed by atoms with Crippen LogP contribution < -0.4 is 5.32 Å². The van der Waals surface area contributed by atoms with Gasteiger partial charge >= 0.3 is 0 Å². The Morgan fingerprint density at radius 3 is 2.50 bits per heavy atom. The van der Waals surface area contributed by atoms with Crippen LogP contribution in [0.15, 0.2) is 46.0 Å². The standard InChI is InChI=1S/C15H19NS2/c1-3-9-16-15(13-8-10-18-11-13)12-4-6-14(17-2)7-5-12/h4-8,10-11,15-16H,3,9H2,1-2H3. The molecule has 0 radical (unpaired) electrons. The molecule has 1 heterocycles. The van der Waals surface area contributed by atoms with E-state index in [9.17, 15) is 0 Å². The van der Waals surface area contributed by atoms with E-state index in [1.54, 1.807) is 23.1 Å². The van der Waals surface area contributed by atoms with Crippen LogP contribution in [-0.2, 0) is 0 Å². The summed E-state index contributed by atoms with van der Waals surface area (Å²) in [6, 6.07) is 11.4. The minimum atomic E-state index is 0.326. The summed E-state index contributed by atoms with van der Waals surface area (Å²) < 4.78 is 0. The monoisotopic (exact) mass is 277 g/mol. The van der Waals surface area contributed by atoms with Crippen LogP contribution in [0.4, 0.5) is 0 Å². The molecular formula is C15H19NS2. The van der Waals surface area contributed by atoms with Gasteiger partial charge in [0, 0.05) is 4.90 Å². The minimum Gasteiger partial charge on any atom is -0.306 e. The Kier molecular flexibility index (Phi) is 5.29. The molecule has 2 aromatic rings. The predicted molar refractivity (Wildman–Crippen MR) is 82.7 cm³/mol. The molecule has 1 atom stereocenters. The van der Waals surface area contributed by atoms with Crippen LogP contribution in [-0.4, -0.2) is 12.8 Å². The number of benzene rings is 1. The highest BCUT2D eigenvalue weighted by Crippen LogP contribution is 2.26. The van der Waals surface area contributed by atoms with Crippen molar-refractivity contribution in [1.82, 2.24) is 5.32 Å². The zero-order valence-corrected chi connectivity index (χ0v) is 12.5. The second-order valence-corrected chi connectivity index (χ2v) is 5.88. The molecule has 0 aliphatic rings. The summed E-state index contributed by atoms with van der Waals surface area (Å²) in [7, 11) is 0. The lowest BCUT2D eigenvalue weighted by Crippen LogP contribution is -2.22. The fourth-order valence-electron chi connectivity index (χ4n) is 1.95. The van der Waals surface area contributed by atoms with Gasteiger partial charge in [0.2, 0.25) is 0 Å². The second kappa shape index (κ2) is 6.98. The van der Waals surface area contributed by atoms with Crippen LogP contribution >= 0.6 is 23.1 Å². The first-order chi connectivity index (χ1) is 8.85. The van der Waals surface area contributed by atoms with E-state index in [0.717, 1.165) is 13.0 Å². The van der Waals surface area contributed by atoms with E-state index in [2.05, 4.69) is 59.6 Å². The van der Waals surface area contributed by atoms with E-state index < -0.39 is 0 Å². The molecule has 2 rings (SSSR count). The third kappa shape index (κ3) is 3.37. The first-order valence-corrected chi connectivity index (χ1v) is 8.41. The molecule has 96 valence electrons. The molecule has 1 nitrogen and oxygen atoms in total. The minimum absolute atomic E-state index is 0.326. The van der Waals surface area contributed by atoms with Crippen molar-refractivity contribution in [3.05, 3.63) is 52.2 Å². The zero-order valence-electron chi connectivity index (χ0n) is 10.8. The van der Waals surface area contributed by atoms with Crippen molar-refractivity contribution in [2.45, 2.75) is 24.3 Å². The number of thiophene rings is 1. The molecular weight excluding hydrogens is 258 g/mol. The van der Waals surface area contributed by atoms with Gasteiger partial charge < -0.3 is 5.32 Å². The summed E-state index contributed by atoms with van der Waals surface area (Å²) in [5.41, 5.74) is 2.71. The first kappa shape index (κ1) is 13.7. The van der Waals surface area contributed by atoms with E-state index in [1.807, 2.05) is 0 Å². The molecule has 0 aliphatic carbocycles. The van der Waals surface area contributed by atoms with Gasteiger partial charge in [-0.3, -0.25) is 0 Å². The maximum Gasteiger partial charge on any atom is 0.0584 e. The summed E-state index contributed by atoms with van der Waals surface area (Å²) in [6.07, 6.45) is 3.27. The topological polar surface area (TPSA) is 12.0 Å². The summed E-state index contributed by atoms with van der Waals surface area (Å²) in [5.74, 6) is 0. The van der Waals surface area contributed by atoms with Gasteiger partial charge in [-0.05, 0) is 59.3 Å². The second-order valence-electron chi connectivity index (χ2n) is 4.22. The number of thioether (sulfide) groups is 1. The Labute approximate surface area is 118 Å². The molecule has 0 aliphatic heterocycles. The van der Waals surface area contributed by atoms with Crippen LogP contribution in [0.25, 0.3) is 0 Å². The Hall–Kier alpha value is -0.770. The van der Waals surface area contributed by atoms with E-state index in [-0.39, 0.29) is 0 Å². The molecule has 0 spiro atoms. The van der Waals surface area contributed by atoms with Crippen molar-refractivity contribution in [2.24, 2.45) is 0 Å². The quantitative estimate of drug-likeness (QED) is 0.777. The summed E-state index contributed by atoms with van der Waals surface area (Å²) >= 11 is 3.55. The average Bonchev–Trinajstić information content (AvgIpc) is 2.94. The van der Waals surface area contributed by atoms with Gasteiger partial charge in [-0.15, -0.1) is 11.8 Å². The number of hydrogen-bond donors (Lipinski definition) is 1. The van der Waals surface area contributed by atoms with Crippen molar-refractivity contribution in [3.8, 4) is 0 Å². The molecule has 1 N–H and O–H groups in total. The Balaban J connectivity index is 2.21. The fraction of sp³-hybridized carbons (Fsp3) is 0.333. The average molecular weight is 277 g/mol. The highest BCUT2D eigenvalue weighted by atomic mass is 32.2. The Morgan fingerprint density at radius 1 is 1.17 bits per heavy atom. The highest BCUT2D eigenvalue weighted by Gasteiger charge is 2.13. The lowest BCUT2D eigenvalue weighted by molar-refractivity contribution is 0.600. The molecule has 0 fully saturated rings. The summed E-state index contributed by atoms with van der Waals surface area (Å²) in [5, 5.41) is 8.00. The van der Waals surface area contributed by atoms with Crippen molar-refractivity contribution in [2.75, 3.05) is 12.8 Å². The molecule has 1 unspecified atom stereocenters. The smallest absolute Gasteiger partial charge is 0.0584 e. The van der Waals surface area contributed by atoms with E-state index in [0.29, 0.717) is 6.04 Å². The number of rotatable bonds is 6. The van der Waals surface area contributed by atoms with Crippen LogP contribution in [0.3, 0.4) is 0 Å². The summed E-state index contributed by atoms with van der Waals surface area (Å²) in [4.78, 5) is 1.32. The Morgan fingerprint density at radius 2 is 1.94 bits per heavy atom. The third-order valence-corrected chi connectivity index (χ3v) is 4.37. The lowest BCUT2D eigenvalue weighted by atomic mass is 10.0. The first-order valence-electron chi connectivity index (χ1n) is 6.24. The van der Waals surface area contributed by atoms with Crippen LogP contribution in [0, 0.1) is 0 Å². The third-order valence-electron chi connectivity index (χ3n) is 2.92. The van der Waals surface area contributed by atoms with Crippen molar-refractivity contribution >= 4 is 23.1 Å². The van der Waals surface area contributed by atoms with Crippen LogP contribution in [0.1, 0.15) is 30.5 Å². The van der Waals surface area contributed by atoms with Gasteiger partial charge in [0.25, 0.3) is 0 Å². The van der Waals surface area contributed by atoms with Crippen molar-refractivity contribution in [1.29, 1.82) is 0 Å². The van der Waals surface area contributed by atoms with Gasteiger partial charge in [0.1, 0.15) is 0 Å². The molecule has 0 bridgehead atoms. The lowest BCUT2D eigenvalue weighted by Gasteiger charge is -2.18. The molecule has 1 aromatic carbocycles. The largest absolute Gasteiger partial charge is 0.306 e. The van der Waals surface area contributed by atoms with E-state index in [1.165, 1.54) is 16.0 Å². The molecule has 1 aromatic heterocycles. The van der Waals surface area contributed by atoms with E-state index >= 15 is 0 Å². The van der Waals surface area contributed by atoms with E-state index in [4.69, 9.17) is 0 Å². The Bertz CT molecular complexity index is 448. The van der Waals surface area contributed by atoms with Gasteiger partial charge in [0.15, 0.2) is 0 Å². The van der Waals surface area contributed by atoms with Gasteiger partial charge in [0.05, 0.1) is 6.04 Å². The predicted octanol–water partition coefficient (Wildman–Crippen LogP) is 4.56. The maximum atomic E-state index is 3.63. The molecule has 18 heavy (non-hydrogen) atoms. The van der Waals surface area contributed by atoms with Crippen molar-refractivity contribution in [3.63, 3.8) is 0 Å². The maximum absolute atomic E-state index is 3.63. The van der Waals surface area contributed by atoms with Gasteiger partial charge in [-0.2, -0.15) is 11.3 Å². The number of hydrogen-bond acceptors (Lipinski definition) is 3. The van der Waals surface area contributed by atoms with Crippen LogP contribution in [0.5, 0.6) is 0 Å².